The predicted octanol–water partition coefficient (Wildman–Crippen LogP) is 0.501. The van der Waals surface area contributed by atoms with Crippen molar-refractivity contribution in [3.63, 3.8) is 0 Å². The second-order valence-electron chi connectivity index (χ2n) is 1.50. The van der Waals surface area contributed by atoms with Crippen LogP contribution in [0.2, 0.25) is 0 Å². The topological polar surface area (TPSA) is 17.1 Å². The van der Waals surface area contributed by atoms with E-state index in [1.165, 1.54) is 12.1 Å². The van der Waals surface area contributed by atoms with Crippen LogP contribution < -0.4 is 4.35 Å². The van der Waals surface area contributed by atoms with E-state index in [0.29, 0.717) is 4.35 Å². The molecule has 0 saturated carbocycles. The third-order valence-corrected chi connectivity index (χ3v) is 1.83. The van der Waals surface area contributed by atoms with Crippen molar-refractivity contribution in [1.29, 1.82) is 0 Å². The fourth-order valence-electron chi connectivity index (χ4n) is 0.484. The van der Waals surface area contributed by atoms with E-state index < -0.39 is 21.5 Å². The molecule has 0 spiro atoms. The van der Waals surface area contributed by atoms with Crippen molar-refractivity contribution in [2.45, 2.75) is 0 Å². The van der Waals surface area contributed by atoms with Crippen LogP contribution in [0.25, 0.3) is 0 Å². The molecule has 0 fully saturated rings. The molecule has 0 bridgehead atoms. The molecule has 1 nitrogen and oxygen atoms in total. The molecule has 0 saturated heterocycles. The van der Waals surface area contributed by atoms with E-state index in [4.69, 9.17) is 1.37 Å². The summed E-state index contributed by atoms with van der Waals surface area (Å²) in [4.78, 5) is 0. The van der Waals surface area contributed by atoms with Gasteiger partial charge in [-0.1, -0.05) is 0 Å². The van der Waals surface area contributed by atoms with Gasteiger partial charge in [-0.05, 0) is 0 Å². The molecule has 0 heterocycles. The fourth-order valence-corrected chi connectivity index (χ4v) is 1.12. The molecule has 1 aromatic rings. The predicted molar refractivity (Wildman–Crippen MR) is 32.5 cm³/mol. The van der Waals surface area contributed by atoms with E-state index in [2.05, 4.69) is 0 Å². The van der Waals surface area contributed by atoms with Crippen LogP contribution in [-0.2, 0) is 3.74 Å². The van der Waals surface area contributed by atoms with Crippen LogP contribution in [0.15, 0.2) is 24.2 Å². The Labute approximate surface area is 60.2 Å². The van der Waals surface area contributed by atoms with Gasteiger partial charge in [-0.2, -0.15) is 0 Å². The average molecular weight is 187 g/mol. The Morgan fingerprint density at radius 3 is 3.00 bits per heavy atom. The zero-order chi connectivity index (χ0) is 7.56. The van der Waals surface area contributed by atoms with Gasteiger partial charge in [-0.3, -0.25) is 0 Å². The molecule has 0 N–H and O–H groups in total. The van der Waals surface area contributed by atoms with Gasteiger partial charge >= 0.3 is 59.6 Å². The third-order valence-electron chi connectivity index (χ3n) is 0.844. The maximum atomic E-state index is 12.4. The molecule has 9 heavy (non-hydrogen) atoms. The van der Waals surface area contributed by atoms with Gasteiger partial charge in [0.15, 0.2) is 0 Å². The molecule has 3 heteroatoms. The quantitative estimate of drug-likeness (QED) is 0.585. The van der Waals surface area contributed by atoms with Crippen LogP contribution in [0.1, 0.15) is 1.37 Å². The van der Waals surface area contributed by atoms with Gasteiger partial charge in [0.05, 0.1) is 0 Å². The zero-order valence-electron chi connectivity index (χ0n) is 5.47. The Hall–Kier alpha value is -0.492. The molecular formula is C6H4AsFO. The van der Waals surface area contributed by atoms with E-state index in [9.17, 15) is 8.13 Å². The molecule has 1 rings (SSSR count). The van der Waals surface area contributed by atoms with Crippen molar-refractivity contribution in [1.82, 2.24) is 0 Å². The van der Waals surface area contributed by atoms with Crippen LogP contribution in [-0.4, -0.2) is 15.7 Å². The molecule has 1 aromatic carbocycles. The van der Waals surface area contributed by atoms with E-state index in [-0.39, 0.29) is 6.04 Å². The van der Waals surface area contributed by atoms with Crippen LogP contribution in [0.3, 0.4) is 0 Å². The first-order valence-electron chi connectivity index (χ1n) is 2.83. The molecule has 0 unspecified atom stereocenters. The summed E-state index contributed by atoms with van der Waals surface area (Å²) in [6.45, 7) is 0. The summed E-state index contributed by atoms with van der Waals surface area (Å²) in [5.74, 6) is -0.492. The van der Waals surface area contributed by atoms with Gasteiger partial charge in [0.1, 0.15) is 0 Å². The summed E-state index contributed by atoms with van der Waals surface area (Å²) in [5.41, 5.74) is 0. The number of halogens is 1. The van der Waals surface area contributed by atoms with Crippen molar-refractivity contribution in [2.24, 2.45) is 0 Å². The van der Waals surface area contributed by atoms with Crippen LogP contribution in [0.4, 0.5) is 4.39 Å². The van der Waals surface area contributed by atoms with Crippen molar-refractivity contribution in [2.75, 3.05) is 0 Å². The maximum absolute atomic E-state index is 12.4. The van der Waals surface area contributed by atoms with Gasteiger partial charge in [-0.15, -0.1) is 0 Å². The summed E-state index contributed by atoms with van der Waals surface area (Å²) in [5, 5.41) is 0. The molecule has 0 amide bonds. The monoisotopic (exact) mass is 187 g/mol. The number of benzene rings is 1. The first-order chi connectivity index (χ1) is 4.72. The molecule has 0 aliphatic carbocycles. The van der Waals surface area contributed by atoms with E-state index in [1.807, 2.05) is 0 Å². The van der Waals surface area contributed by atoms with Crippen molar-refractivity contribution in [3.8, 4) is 0 Å². The molecule has 46 valence electrons. The van der Waals surface area contributed by atoms with Crippen LogP contribution in [0, 0.1) is 5.82 Å². The first kappa shape index (κ1) is 5.31. The summed E-state index contributed by atoms with van der Waals surface area (Å²) >= 11 is -1.21. The second-order valence-corrected chi connectivity index (χ2v) is 2.97. The Bertz CT molecular complexity index is 244. The van der Waals surface area contributed by atoms with E-state index in [0.717, 1.165) is 6.07 Å². The summed E-state index contributed by atoms with van der Waals surface area (Å²) in [7, 11) is 0. The van der Waals surface area contributed by atoms with Gasteiger partial charge in [0.25, 0.3) is 0 Å². The van der Waals surface area contributed by atoms with Gasteiger partial charge in [-0.25, -0.2) is 0 Å². The normalized spacial score (nSPS) is 11.4. The Balaban J connectivity index is 3.18. The van der Waals surface area contributed by atoms with Gasteiger partial charge in [0, 0.05) is 0 Å². The number of rotatable bonds is 1. The first-order valence-corrected chi connectivity index (χ1v) is 4.03. The number of hydrogen-bond acceptors (Lipinski definition) is 1. The summed E-state index contributed by atoms with van der Waals surface area (Å²) < 4.78 is 30.1. The van der Waals surface area contributed by atoms with Crippen LogP contribution in [0.5, 0.6) is 0 Å². The molecule has 0 aromatic heterocycles. The van der Waals surface area contributed by atoms with E-state index >= 15 is 0 Å². The van der Waals surface area contributed by atoms with Gasteiger partial charge in [0.2, 0.25) is 0 Å². The van der Waals surface area contributed by atoms with Crippen molar-refractivity contribution >= 4 is 20.0 Å². The molecular weight excluding hydrogens is 182 g/mol. The van der Waals surface area contributed by atoms with Crippen molar-refractivity contribution in [3.05, 3.63) is 30.1 Å². The third kappa shape index (κ3) is 1.72. The minimum atomic E-state index is -1.21. The number of hydrogen-bond donors (Lipinski definition) is 0. The van der Waals surface area contributed by atoms with Gasteiger partial charge < -0.3 is 0 Å². The minimum absolute atomic E-state index is 0.0705. The molecule has 0 radical (unpaired) electrons. The zero-order valence-corrected chi connectivity index (χ0v) is 6.34. The molecule has 0 atom stereocenters. The van der Waals surface area contributed by atoms with Crippen LogP contribution >= 0.6 is 0 Å². The SMILES string of the molecule is [2H]c1cc(F)cc([As]=O)c1. The summed E-state index contributed by atoms with van der Waals surface area (Å²) in [6, 6.07) is 3.74. The Morgan fingerprint density at radius 1 is 1.67 bits per heavy atom. The van der Waals surface area contributed by atoms with E-state index in [1.54, 1.807) is 0 Å². The average Bonchev–Trinajstić information content (AvgIpc) is 1.85. The standard InChI is InChI=1S/C6H4AsFO/c8-6-3-1-2-5(4-6)7-9/h1-4H/i1D. The van der Waals surface area contributed by atoms with Crippen molar-refractivity contribution < 1.29 is 9.50 Å². The molecule has 0 aliphatic heterocycles. The Kier molecular flexibility index (Phi) is 1.70. The molecule has 0 aliphatic rings. The fraction of sp³-hybridized carbons (Fsp3) is 0. The second kappa shape index (κ2) is 2.88. The Morgan fingerprint density at radius 2 is 2.44 bits per heavy atom. The summed E-state index contributed by atoms with van der Waals surface area (Å²) in [6.07, 6.45) is 0.